The standard InChI is InChI=1S/C4H6BrF4N/c5-4(8,9)3(6,7)1-2-10/h1-2,10H2. The molecule has 0 heterocycles. The molecular weight excluding hydrogens is 218 g/mol. The Bertz CT molecular complexity index is 110. The van der Waals surface area contributed by atoms with Crippen LogP contribution in [0.3, 0.4) is 0 Å². The van der Waals surface area contributed by atoms with Crippen molar-refractivity contribution in [2.45, 2.75) is 17.2 Å². The van der Waals surface area contributed by atoms with E-state index in [-0.39, 0.29) is 0 Å². The summed E-state index contributed by atoms with van der Waals surface area (Å²) >= 11 is 1.56. The molecule has 0 saturated carbocycles. The van der Waals surface area contributed by atoms with E-state index in [0.29, 0.717) is 0 Å². The molecule has 0 rings (SSSR count). The summed E-state index contributed by atoms with van der Waals surface area (Å²) in [4.78, 5) is -4.15. The topological polar surface area (TPSA) is 26.0 Å². The second-order valence-electron chi connectivity index (χ2n) is 1.74. The summed E-state index contributed by atoms with van der Waals surface area (Å²) in [5, 5.41) is 0. The van der Waals surface area contributed by atoms with Crippen LogP contribution >= 0.6 is 15.9 Å². The van der Waals surface area contributed by atoms with Gasteiger partial charge in [-0.3, -0.25) is 0 Å². The quantitative estimate of drug-likeness (QED) is 0.575. The van der Waals surface area contributed by atoms with Gasteiger partial charge in [0.15, 0.2) is 0 Å². The van der Waals surface area contributed by atoms with Crippen molar-refractivity contribution in [3.05, 3.63) is 0 Å². The number of rotatable bonds is 3. The maximum atomic E-state index is 12.1. The summed E-state index contributed by atoms with van der Waals surface area (Å²) in [7, 11) is 0. The van der Waals surface area contributed by atoms with Crippen LogP contribution in [-0.4, -0.2) is 17.3 Å². The van der Waals surface area contributed by atoms with Gasteiger partial charge in [0.25, 0.3) is 0 Å². The van der Waals surface area contributed by atoms with Crippen LogP contribution in [-0.2, 0) is 0 Å². The van der Waals surface area contributed by atoms with Crippen molar-refractivity contribution in [1.29, 1.82) is 0 Å². The second kappa shape index (κ2) is 3.04. The maximum Gasteiger partial charge on any atom is 0.363 e. The summed E-state index contributed by atoms with van der Waals surface area (Å²) < 4.78 is 47.7. The lowest BCUT2D eigenvalue weighted by atomic mass is 10.2. The lowest BCUT2D eigenvalue weighted by Crippen LogP contribution is -2.36. The van der Waals surface area contributed by atoms with E-state index in [1.807, 2.05) is 0 Å². The minimum atomic E-state index is -4.15. The SMILES string of the molecule is NCCC(F)(F)C(F)(F)Br. The largest absolute Gasteiger partial charge is 0.363 e. The van der Waals surface area contributed by atoms with E-state index in [1.54, 1.807) is 15.9 Å². The van der Waals surface area contributed by atoms with Crippen LogP contribution in [0.2, 0.25) is 0 Å². The predicted molar refractivity (Wildman–Crippen MR) is 32.5 cm³/mol. The van der Waals surface area contributed by atoms with E-state index < -0.39 is 23.7 Å². The fourth-order valence-electron chi connectivity index (χ4n) is 0.323. The van der Waals surface area contributed by atoms with Crippen molar-refractivity contribution < 1.29 is 17.6 Å². The van der Waals surface area contributed by atoms with Gasteiger partial charge >= 0.3 is 10.8 Å². The summed E-state index contributed by atoms with van der Waals surface area (Å²) in [6.45, 7) is -0.464. The molecule has 0 aliphatic heterocycles. The molecule has 6 heteroatoms. The number of hydrogen-bond acceptors (Lipinski definition) is 1. The average molecular weight is 224 g/mol. The van der Waals surface area contributed by atoms with Crippen LogP contribution in [0.15, 0.2) is 0 Å². The molecule has 1 nitrogen and oxygen atoms in total. The van der Waals surface area contributed by atoms with Gasteiger partial charge in [-0.05, 0) is 22.5 Å². The van der Waals surface area contributed by atoms with Crippen LogP contribution in [0, 0.1) is 0 Å². The van der Waals surface area contributed by atoms with Crippen LogP contribution in [0.25, 0.3) is 0 Å². The van der Waals surface area contributed by atoms with Gasteiger partial charge in [0.2, 0.25) is 0 Å². The zero-order valence-corrected chi connectivity index (χ0v) is 6.47. The number of hydrogen-bond donors (Lipinski definition) is 1. The van der Waals surface area contributed by atoms with Gasteiger partial charge in [-0.25, -0.2) is 0 Å². The molecule has 0 aliphatic rings. The third-order valence-corrected chi connectivity index (χ3v) is 1.45. The number of nitrogens with two attached hydrogens (primary N) is 1. The third-order valence-electron chi connectivity index (χ3n) is 0.873. The molecule has 0 unspecified atom stereocenters. The van der Waals surface area contributed by atoms with Crippen LogP contribution in [0.5, 0.6) is 0 Å². The zero-order chi connectivity index (χ0) is 8.41. The van der Waals surface area contributed by atoms with Gasteiger partial charge < -0.3 is 5.73 Å². The summed E-state index contributed by atoms with van der Waals surface area (Å²) in [6.07, 6.45) is -1.02. The summed E-state index contributed by atoms with van der Waals surface area (Å²) in [6, 6.07) is 0. The van der Waals surface area contributed by atoms with Crippen LogP contribution in [0.4, 0.5) is 17.6 Å². The van der Waals surface area contributed by atoms with Gasteiger partial charge in [-0.2, -0.15) is 17.6 Å². The fraction of sp³-hybridized carbons (Fsp3) is 1.00. The molecule has 0 radical (unpaired) electrons. The molecule has 0 amide bonds. The van der Waals surface area contributed by atoms with Crippen molar-refractivity contribution in [2.75, 3.05) is 6.54 Å². The average Bonchev–Trinajstić information content (AvgIpc) is 1.61. The Morgan fingerprint density at radius 3 is 1.70 bits per heavy atom. The monoisotopic (exact) mass is 223 g/mol. The second-order valence-corrected chi connectivity index (χ2v) is 2.74. The lowest BCUT2D eigenvalue weighted by Gasteiger charge is -2.20. The van der Waals surface area contributed by atoms with Gasteiger partial charge in [0.1, 0.15) is 0 Å². The summed E-state index contributed by atoms with van der Waals surface area (Å²) in [5.74, 6) is -4.05. The van der Waals surface area contributed by atoms with Crippen molar-refractivity contribution in [1.82, 2.24) is 0 Å². The zero-order valence-electron chi connectivity index (χ0n) is 4.88. The first-order valence-electron chi connectivity index (χ1n) is 2.46. The van der Waals surface area contributed by atoms with E-state index in [9.17, 15) is 17.6 Å². The maximum absolute atomic E-state index is 12.1. The highest BCUT2D eigenvalue weighted by atomic mass is 79.9. The third kappa shape index (κ3) is 2.42. The van der Waals surface area contributed by atoms with Crippen LogP contribution in [0.1, 0.15) is 6.42 Å². The van der Waals surface area contributed by atoms with Gasteiger partial charge in [-0.1, -0.05) is 0 Å². The first kappa shape index (κ1) is 10.2. The highest BCUT2D eigenvalue weighted by molar-refractivity contribution is 9.10. The predicted octanol–water partition coefficient (Wildman–Crippen LogP) is 1.96. The molecular formula is C4H6BrF4N. The molecule has 2 N–H and O–H groups in total. The van der Waals surface area contributed by atoms with Gasteiger partial charge in [0.05, 0.1) is 0 Å². The Kier molecular flexibility index (Phi) is 3.09. The molecule has 62 valence electrons. The Morgan fingerprint density at radius 1 is 1.20 bits per heavy atom. The number of alkyl halides is 5. The lowest BCUT2D eigenvalue weighted by molar-refractivity contribution is -0.149. The van der Waals surface area contributed by atoms with Crippen molar-refractivity contribution in [3.63, 3.8) is 0 Å². The Morgan fingerprint density at radius 2 is 1.60 bits per heavy atom. The minimum absolute atomic E-state index is 0.464. The molecule has 0 aliphatic carbocycles. The molecule has 0 saturated heterocycles. The highest BCUT2D eigenvalue weighted by Gasteiger charge is 2.53. The van der Waals surface area contributed by atoms with Crippen molar-refractivity contribution >= 4 is 15.9 Å². The molecule has 0 aromatic rings. The van der Waals surface area contributed by atoms with Gasteiger partial charge in [-0.15, -0.1) is 0 Å². The normalized spacial score (nSPS) is 13.8. The molecule has 0 bridgehead atoms. The molecule has 0 aromatic heterocycles. The Balaban J connectivity index is 4.10. The molecule has 0 fully saturated rings. The molecule has 10 heavy (non-hydrogen) atoms. The van der Waals surface area contributed by atoms with E-state index in [2.05, 4.69) is 5.73 Å². The molecule has 0 atom stereocenters. The van der Waals surface area contributed by atoms with E-state index in [0.717, 1.165) is 0 Å². The minimum Gasteiger partial charge on any atom is -0.330 e. The van der Waals surface area contributed by atoms with E-state index in [4.69, 9.17) is 0 Å². The van der Waals surface area contributed by atoms with E-state index in [1.165, 1.54) is 0 Å². The number of halogens is 5. The van der Waals surface area contributed by atoms with Crippen molar-refractivity contribution in [2.24, 2.45) is 5.73 Å². The Labute approximate surface area is 63.7 Å². The highest BCUT2D eigenvalue weighted by Crippen LogP contribution is 2.41. The van der Waals surface area contributed by atoms with Crippen molar-refractivity contribution in [3.8, 4) is 0 Å². The van der Waals surface area contributed by atoms with Crippen LogP contribution < -0.4 is 5.73 Å². The smallest absolute Gasteiger partial charge is 0.330 e. The Hall–Kier alpha value is 0.160. The molecule has 0 aromatic carbocycles. The van der Waals surface area contributed by atoms with Gasteiger partial charge in [0, 0.05) is 6.42 Å². The fourth-order valence-corrected chi connectivity index (χ4v) is 0.521. The molecule has 0 spiro atoms. The summed E-state index contributed by atoms with van der Waals surface area (Å²) in [5.41, 5.74) is 4.68. The van der Waals surface area contributed by atoms with E-state index >= 15 is 0 Å². The first-order chi connectivity index (χ1) is 4.31. The first-order valence-corrected chi connectivity index (χ1v) is 3.25.